The average molecular weight is 458 g/mol. The zero-order chi connectivity index (χ0) is 23.7. The van der Waals surface area contributed by atoms with Gasteiger partial charge in [0.2, 0.25) is 6.29 Å². The van der Waals surface area contributed by atoms with Gasteiger partial charge in [0, 0.05) is 30.7 Å². The number of esters is 1. The van der Waals surface area contributed by atoms with E-state index >= 15 is 0 Å². The maximum Gasteiger partial charge on any atom is 0.302 e. The summed E-state index contributed by atoms with van der Waals surface area (Å²) in [6.07, 6.45) is -7.50. The summed E-state index contributed by atoms with van der Waals surface area (Å²) in [6, 6.07) is 12.6. The molecule has 5 atom stereocenters. The number of carbonyl (C=O) groups is 1. The predicted molar refractivity (Wildman–Crippen MR) is 114 cm³/mol. The van der Waals surface area contributed by atoms with Crippen LogP contribution >= 0.6 is 0 Å². The van der Waals surface area contributed by atoms with Crippen LogP contribution in [0.3, 0.4) is 0 Å². The maximum absolute atomic E-state index is 12.6. The first-order valence-corrected chi connectivity index (χ1v) is 10.1. The molecule has 33 heavy (non-hydrogen) atoms. The quantitative estimate of drug-likeness (QED) is 0.405. The van der Waals surface area contributed by atoms with Gasteiger partial charge in [-0.3, -0.25) is 9.59 Å². The van der Waals surface area contributed by atoms with Crippen molar-refractivity contribution < 1.29 is 43.8 Å². The average Bonchev–Trinajstić information content (AvgIpc) is 2.78. The number of phenols is 1. The van der Waals surface area contributed by atoms with Gasteiger partial charge in [0.25, 0.3) is 0 Å². The minimum absolute atomic E-state index is 0.0266. The van der Waals surface area contributed by atoms with Crippen LogP contribution in [0.25, 0.3) is 22.3 Å². The number of fused-ring (bicyclic) bond motifs is 1. The Kier molecular flexibility index (Phi) is 6.34. The Morgan fingerprint density at radius 1 is 1.03 bits per heavy atom. The molecule has 4 N–H and O–H groups in total. The molecule has 2 heterocycles. The fraction of sp³-hybridized carbons (Fsp3) is 0.304. The molecule has 1 aliphatic heterocycles. The van der Waals surface area contributed by atoms with Gasteiger partial charge < -0.3 is 39.1 Å². The Balaban J connectivity index is 1.65. The van der Waals surface area contributed by atoms with Gasteiger partial charge in [-0.05, 0) is 0 Å². The summed E-state index contributed by atoms with van der Waals surface area (Å²) in [7, 11) is 0. The van der Waals surface area contributed by atoms with Crippen molar-refractivity contribution in [1.82, 2.24) is 0 Å². The molecular weight excluding hydrogens is 436 g/mol. The number of aliphatic hydroxyl groups is 3. The highest BCUT2D eigenvalue weighted by Crippen LogP contribution is 2.33. The number of aliphatic hydroxyl groups excluding tert-OH is 3. The van der Waals surface area contributed by atoms with Crippen LogP contribution in [-0.4, -0.2) is 63.7 Å². The minimum Gasteiger partial charge on any atom is -0.507 e. The maximum atomic E-state index is 12.6. The standard InChI is InChI=1S/C23H22O10/c1-11(24)30-10-18-20(27)21(28)22(29)23(33-18)31-13-7-14(25)19-15(26)9-16(32-17(19)8-13)12-5-3-2-4-6-12/h2-9,18,20-23,25,27-29H,10H2,1H3. The van der Waals surface area contributed by atoms with Crippen molar-refractivity contribution in [2.75, 3.05) is 6.61 Å². The van der Waals surface area contributed by atoms with Crippen LogP contribution in [0.4, 0.5) is 0 Å². The number of rotatable bonds is 5. The zero-order valence-corrected chi connectivity index (χ0v) is 17.5. The van der Waals surface area contributed by atoms with Crippen LogP contribution in [0.2, 0.25) is 0 Å². The van der Waals surface area contributed by atoms with Crippen LogP contribution in [0, 0.1) is 0 Å². The zero-order valence-electron chi connectivity index (χ0n) is 17.5. The molecule has 174 valence electrons. The van der Waals surface area contributed by atoms with Crippen LogP contribution in [0.15, 0.2) is 57.7 Å². The largest absolute Gasteiger partial charge is 0.507 e. The molecule has 4 rings (SSSR count). The summed E-state index contributed by atoms with van der Waals surface area (Å²) in [4.78, 5) is 23.6. The van der Waals surface area contributed by atoms with Crippen LogP contribution < -0.4 is 10.2 Å². The summed E-state index contributed by atoms with van der Waals surface area (Å²) in [5.41, 5.74) is 0.213. The van der Waals surface area contributed by atoms with Crippen molar-refractivity contribution in [3.05, 3.63) is 58.8 Å². The Hall–Kier alpha value is -3.44. The molecule has 1 aliphatic rings. The van der Waals surface area contributed by atoms with E-state index in [0.717, 1.165) is 6.07 Å². The summed E-state index contributed by atoms with van der Waals surface area (Å²) in [5.74, 6) is -0.795. The molecule has 0 amide bonds. The van der Waals surface area contributed by atoms with E-state index in [1.165, 1.54) is 19.1 Å². The van der Waals surface area contributed by atoms with E-state index < -0.39 is 47.9 Å². The highest BCUT2D eigenvalue weighted by Gasteiger charge is 2.45. The third-order valence-corrected chi connectivity index (χ3v) is 5.21. The Bertz CT molecular complexity index is 1210. The summed E-state index contributed by atoms with van der Waals surface area (Å²) in [6.45, 7) is 0.794. The number of phenolic OH excluding ortho intramolecular Hbond substituents is 1. The van der Waals surface area contributed by atoms with Crippen LogP contribution in [-0.2, 0) is 14.3 Å². The van der Waals surface area contributed by atoms with Crippen molar-refractivity contribution >= 4 is 16.9 Å². The van der Waals surface area contributed by atoms with Gasteiger partial charge in [-0.2, -0.15) is 0 Å². The SMILES string of the molecule is CC(=O)OCC1OC(Oc2cc(O)c3c(=O)cc(-c4ccccc4)oc3c2)C(O)C(O)C1O. The van der Waals surface area contributed by atoms with Crippen molar-refractivity contribution in [2.24, 2.45) is 0 Å². The second-order valence-corrected chi connectivity index (χ2v) is 7.59. The molecule has 0 spiro atoms. The van der Waals surface area contributed by atoms with E-state index in [1.807, 2.05) is 6.07 Å². The van der Waals surface area contributed by atoms with E-state index in [2.05, 4.69) is 0 Å². The molecule has 2 aromatic carbocycles. The predicted octanol–water partition coefficient (Wildman–Crippen LogP) is 0.915. The van der Waals surface area contributed by atoms with Gasteiger partial charge in [0.15, 0.2) is 5.43 Å². The monoisotopic (exact) mass is 458 g/mol. The van der Waals surface area contributed by atoms with Crippen molar-refractivity contribution in [1.29, 1.82) is 0 Å². The van der Waals surface area contributed by atoms with Gasteiger partial charge in [-0.1, -0.05) is 30.3 Å². The number of benzene rings is 2. The second-order valence-electron chi connectivity index (χ2n) is 7.59. The van der Waals surface area contributed by atoms with Gasteiger partial charge in [-0.25, -0.2) is 0 Å². The molecule has 0 bridgehead atoms. The number of ether oxygens (including phenoxy) is 3. The lowest BCUT2D eigenvalue weighted by Crippen LogP contribution is -2.60. The minimum atomic E-state index is -1.66. The molecule has 1 aromatic heterocycles. The molecule has 0 radical (unpaired) electrons. The molecule has 0 saturated carbocycles. The van der Waals surface area contributed by atoms with E-state index in [1.54, 1.807) is 24.3 Å². The van der Waals surface area contributed by atoms with Gasteiger partial charge in [-0.15, -0.1) is 0 Å². The van der Waals surface area contributed by atoms with Crippen LogP contribution in [0.1, 0.15) is 6.92 Å². The van der Waals surface area contributed by atoms with Crippen LogP contribution in [0.5, 0.6) is 11.5 Å². The second kappa shape index (κ2) is 9.20. The third kappa shape index (κ3) is 4.69. The lowest BCUT2D eigenvalue weighted by atomic mass is 9.99. The number of hydrogen-bond donors (Lipinski definition) is 4. The highest BCUT2D eigenvalue weighted by atomic mass is 16.7. The van der Waals surface area contributed by atoms with Crippen molar-refractivity contribution in [2.45, 2.75) is 37.6 Å². The van der Waals surface area contributed by atoms with Crippen molar-refractivity contribution in [3.8, 4) is 22.8 Å². The van der Waals surface area contributed by atoms with Gasteiger partial charge in [0.05, 0.1) is 0 Å². The molecule has 10 nitrogen and oxygen atoms in total. The first-order chi connectivity index (χ1) is 15.7. The molecular formula is C23H22O10. The number of hydrogen-bond acceptors (Lipinski definition) is 10. The first-order valence-electron chi connectivity index (χ1n) is 10.1. The van der Waals surface area contributed by atoms with E-state index in [4.69, 9.17) is 18.6 Å². The van der Waals surface area contributed by atoms with Gasteiger partial charge >= 0.3 is 5.97 Å². The summed E-state index contributed by atoms with van der Waals surface area (Å²) in [5, 5.41) is 40.8. The third-order valence-electron chi connectivity index (χ3n) is 5.21. The summed E-state index contributed by atoms with van der Waals surface area (Å²) >= 11 is 0. The molecule has 1 saturated heterocycles. The molecule has 10 heteroatoms. The molecule has 0 aliphatic carbocycles. The smallest absolute Gasteiger partial charge is 0.302 e. The topological polar surface area (TPSA) is 156 Å². The Morgan fingerprint density at radius 2 is 1.76 bits per heavy atom. The molecule has 3 aromatic rings. The molecule has 1 fully saturated rings. The molecule has 5 unspecified atom stereocenters. The number of carbonyl (C=O) groups excluding carboxylic acids is 1. The fourth-order valence-electron chi connectivity index (χ4n) is 3.54. The lowest BCUT2D eigenvalue weighted by Gasteiger charge is -2.39. The van der Waals surface area contributed by atoms with E-state index in [-0.39, 0.29) is 29.1 Å². The lowest BCUT2D eigenvalue weighted by molar-refractivity contribution is -0.278. The van der Waals surface area contributed by atoms with Crippen molar-refractivity contribution in [3.63, 3.8) is 0 Å². The highest BCUT2D eigenvalue weighted by molar-refractivity contribution is 5.86. The Morgan fingerprint density at radius 3 is 2.45 bits per heavy atom. The van der Waals surface area contributed by atoms with E-state index in [9.17, 15) is 30.0 Å². The Labute approximate surface area is 187 Å². The van der Waals surface area contributed by atoms with E-state index in [0.29, 0.717) is 5.56 Å². The first kappa shape index (κ1) is 22.7. The number of aromatic hydroxyl groups is 1. The normalized spacial score (nSPS) is 25.0. The fourth-order valence-corrected chi connectivity index (χ4v) is 3.54. The van der Waals surface area contributed by atoms with Gasteiger partial charge in [0.1, 0.15) is 59.3 Å². The summed E-state index contributed by atoms with van der Waals surface area (Å²) < 4.78 is 21.7.